The molecule has 1 aliphatic carbocycles. The van der Waals surface area contributed by atoms with Crippen molar-refractivity contribution in [2.24, 2.45) is 10.7 Å². The lowest BCUT2D eigenvalue weighted by Gasteiger charge is -2.18. The van der Waals surface area contributed by atoms with Crippen molar-refractivity contribution in [2.45, 2.75) is 5.54 Å². The van der Waals surface area contributed by atoms with Crippen molar-refractivity contribution in [1.82, 2.24) is 0 Å². The van der Waals surface area contributed by atoms with Gasteiger partial charge in [-0.15, -0.1) is 0 Å². The summed E-state index contributed by atoms with van der Waals surface area (Å²) >= 11 is 0. The SMILES string of the molecule is NC1(C=O)C=CC2=CC=NC2=C1. The van der Waals surface area contributed by atoms with Gasteiger partial charge in [-0.25, -0.2) is 0 Å². The highest BCUT2D eigenvalue weighted by molar-refractivity contribution is 5.84. The number of nitrogens with two attached hydrogens (primary N) is 1. The summed E-state index contributed by atoms with van der Waals surface area (Å²) in [4.78, 5) is 14.6. The average molecular weight is 160 g/mol. The first-order chi connectivity index (χ1) is 5.73. The smallest absolute Gasteiger partial charge is 0.147 e. The second-order valence-electron chi connectivity index (χ2n) is 2.88. The fourth-order valence-electron chi connectivity index (χ4n) is 1.21. The minimum Gasteiger partial charge on any atom is -0.313 e. The molecule has 0 aromatic heterocycles. The lowest BCUT2D eigenvalue weighted by atomic mass is 9.93. The standard InChI is InChI=1S/C9H8N2O/c10-9(6-12)3-1-7-2-4-11-8(7)5-9/h1-6H,10H2. The van der Waals surface area contributed by atoms with Crippen LogP contribution in [0.2, 0.25) is 0 Å². The topological polar surface area (TPSA) is 55.5 Å². The summed E-state index contributed by atoms with van der Waals surface area (Å²) in [5.74, 6) is 0. The van der Waals surface area contributed by atoms with E-state index in [0.717, 1.165) is 11.3 Å². The maximum atomic E-state index is 10.6. The molecule has 1 heterocycles. The molecule has 2 rings (SSSR count). The molecule has 3 nitrogen and oxygen atoms in total. The quantitative estimate of drug-likeness (QED) is 0.562. The number of aldehydes is 1. The van der Waals surface area contributed by atoms with Crippen molar-refractivity contribution in [2.75, 3.05) is 0 Å². The largest absolute Gasteiger partial charge is 0.313 e. The fraction of sp³-hybridized carbons (Fsp3) is 0.111. The maximum Gasteiger partial charge on any atom is 0.147 e. The van der Waals surface area contributed by atoms with Crippen LogP contribution in [-0.2, 0) is 4.79 Å². The van der Waals surface area contributed by atoms with Crippen LogP contribution in [0.5, 0.6) is 0 Å². The Balaban J connectivity index is 2.45. The third-order valence-electron chi connectivity index (χ3n) is 1.91. The molecule has 0 amide bonds. The number of carbonyl (C=O) groups excluding carboxylic acids is 1. The third-order valence-corrected chi connectivity index (χ3v) is 1.91. The van der Waals surface area contributed by atoms with Gasteiger partial charge in [0, 0.05) is 11.8 Å². The molecule has 0 aromatic carbocycles. The Bertz CT molecular complexity index is 350. The molecule has 1 aliphatic heterocycles. The lowest BCUT2D eigenvalue weighted by molar-refractivity contribution is -0.109. The Kier molecular flexibility index (Phi) is 1.35. The van der Waals surface area contributed by atoms with Crippen LogP contribution < -0.4 is 5.73 Å². The zero-order chi connectivity index (χ0) is 8.60. The van der Waals surface area contributed by atoms with Gasteiger partial charge in [0.2, 0.25) is 0 Å². The number of nitrogens with zero attached hydrogens (tertiary/aromatic N) is 1. The molecule has 0 bridgehead atoms. The van der Waals surface area contributed by atoms with Gasteiger partial charge >= 0.3 is 0 Å². The van der Waals surface area contributed by atoms with Gasteiger partial charge in [-0.1, -0.05) is 12.2 Å². The van der Waals surface area contributed by atoms with Crippen LogP contribution >= 0.6 is 0 Å². The van der Waals surface area contributed by atoms with Crippen molar-refractivity contribution >= 4 is 12.5 Å². The summed E-state index contributed by atoms with van der Waals surface area (Å²) in [6.45, 7) is 0. The minimum atomic E-state index is -0.964. The molecule has 0 radical (unpaired) electrons. The Morgan fingerprint density at radius 3 is 3.17 bits per heavy atom. The van der Waals surface area contributed by atoms with E-state index in [0.29, 0.717) is 6.29 Å². The fourth-order valence-corrected chi connectivity index (χ4v) is 1.21. The van der Waals surface area contributed by atoms with Crippen LogP contribution in [-0.4, -0.2) is 18.0 Å². The van der Waals surface area contributed by atoms with Crippen molar-refractivity contribution in [3.8, 4) is 0 Å². The van der Waals surface area contributed by atoms with Gasteiger partial charge in [0.1, 0.15) is 11.8 Å². The van der Waals surface area contributed by atoms with Gasteiger partial charge in [0.15, 0.2) is 0 Å². The highest BCUT2D eigenvalue weighted by atomic mass is 16.1. The van der Waals surface area contributed by atoms with E-state index in [-0.39, 0.29) is 0 Å². The van der Waals surface area contributed by atoms with E-state index < -0.39 is 5.54 Å². The molecule has 2 aliphatic rings. The molecular weight excluding hydrogens is 152 g/mol. The van der Waals surface area contributed by atoms with E-state index in [1.807, 2.05) is 12.2 Å². The molecule has 2 N–H and O–H groups in total. The number of hydrogen-bond acceptors (Lipinski definition) is 3. The minimum absolute atomic E-state index is 0.709. The van der Waals surface area contributed by atoms with Crippen molar-refractivity contribution in [1.29, 1.82) is 0 Å². The molecule has 1 unspecified atom stereocenters. The summed E-state index contributed by atoms with van der Waals surface area (Å²) in [6, 6.07) is 0. The van der Waals surface area contributed by atoms with Crippen LogP contribution in [0.15, 0.2) is 40.6 Å². The summed E-state index contributed by atoms with van der Waals surface area (Å²) < 4.78 is 0. The molecule has 0 spiro atoms. The number of allylic oxidation sites excluding steroid dienone is 2. The van der Waals surface area contributed by atoms with Crippen LogP contribution in [0.4, 0.5) is 0 Å². The highest BCUT2D eigenvalue weighted by Gasteiger charge is 2.23. The Labute approximate surface area is 70.0 Å². The second-order valence-corrected chi connectivity index (χ2v) is 2.88. The van der Waals surface area contributed by atoms with E-state index >= 15 is 0 Å². The summed E-state index contributed by atoms with van der Waals surface area (Å²) in [5.41, 5.74) is 6.51. The molecule has 3 heteroatoms. The zero-order valence-corrected chi connectivity index (χ0v) is 6.40. The van der Waals surface area contributed by atoms with Gasteiger partial charge in [0.25, 0.3) is 0 Å². The van der Waals surface area contributed by atoms with Gasteiger partial charge in [-0.2, -0.15) is 0 Å². The number of rotatable bonds is 1. The maximum absolute atomic E-state index is 10.6. The van der Waals surface area contributed by atoms with Crippen LogP contribution in [0.3, 0.4) is 0 Å². The highest BCUT2D eigenvalue weighted by Crippen LogP contribution is 2.25. The number of fused-ring (bicyclic) bond motifs is 1. The van der Waals surface area contributed by atoms with Gasteiger partial charge < -0.3 is 10.5 Å². The molecule has 0 aromatic rings. The van der Waals surface area contributed by atoms with Crippen LogP contribution in [0.25, 0.3) is 0 Å². The Hall–Kier alpha value is -1.48. The summed E-state index contributed by atoms with van der Waals surface area (Å²) in [5, 5.41) is 0. The predicted molar refractivity (Wildman–Crippen MR) is 46.8 cm³/mol. The third kappa shape index (κ3) is 0.950. The molecule has 0 saturated heterocycles. The molecular formula is C9H8N2O. The van der Waals surface area contributed by atoms with Crippen molar-refractivity contribution < 1.29 is 4.79 Å². The van der Waals surface area contributed by atoms with E-state index in [4.69, 9.17) is 5.73 Å². The average Bonchev–Trinajstić information content (AvgIpc) is 2.51. The van der Waals surface area contributed by atoms with E-state index in [1.54, 1.807) is 18.4 Å². The normalized spacial score (nSPS) is 31.1. The molecule has 0 saturated carbocycles. The van der Waals surface area contributed by atoms with Crippen LogP contribution in [0, 0.1) is 0 Å². The zero-order valence-electron chi connectivity index (χ0n) is 6.40. The second kappa shape index (κ2) is 2.25. The van der Waals surface area contributed by atoms with E-state index in [1.165, 1.54) is 0 Å². The number of hydrogen-bond donors (Lipinski definition) is 1. The first kappa shape index (κ1) is 7.18. The molecule has 12 heavy (non-hydrogen) atoms. The Morgan fingerprint density at radius 2 is 2.42 bits per heavy atom. The number of carbonyl (C=O) groups is 1. The Morgan fingerprint density at radius 1 is 1.58 bits per heavy atom. The van der Waals surface area contributed by atoms with Crippen molar-refractivity contribution in [3.05, 3.63) is 35.6 Å². The first-order valence-electron chi connectivity index (χ1n) is 3.65. The van der Waals surface area contributed by atoms with Gasteiger partial charge in [-0.3, -0.25) is 4.99 Å². The first-order valence-corrected chi connectivity index (χ1v) is 3.65. The van der Waals surface area contributed by atoms with Crippen molar-refractivity contribution in [3.63, 3.8) is 0 Å². The van der Waals surface area contributed by atoms with Gasteiger partial charge in [0.05, 0.1) is 5.70 Å². The molecule has 0 fully saturated rings. The van der Waals surface area contributed by atoms with E-state index in [9.17, 15) is 4.79 Å². The monoisotopic (exact) mass is 160 g/mol. The lowest BCUT2D eigenvalue weighted by Crippen LogP contribution is -2.38. The predicted octanol–water partition coefficient (Wildman–Crippen LogP) is 0.347. The summed E-state index contributed by atoms with van der Waals surface area (Å²) in [6.07, 6.45) is 9.44. The number of aliphatic imine (C=N–C) groups is 1. The molecule has 60 valence electrons. The van der Waals surface area contributed by atoms with Gasteiger partial charge in [-0.05, 0) is 12.2 Å². The van der Waals surface area contributed by atoms with E-state index in [2.05, 4.69) is 4.99 Å². The molecule has 1 atom stereocenters. The summed E-state index contributed by atoms with van der Waals surface area (Å²) in [7, 11) is 0. The van der Waals surface area contributed by atoms with Crippen LogP contribution in [0.1, 0.15) is 0 Å².